The molecule has 0 aromatic heterocycles. The molecule has 4 aliphatic carbocycles. The van der Waals surface area contributed by atoms with E-state index in [1.54, 1.807) is 0 Å². The third-order valence-electron chi connectivity index (χ3n) is 10.5. The van der Waals surface area contributed by atoms with Gasteiger partial charge in [-0.3, -0.25) is 4.79 Å². The Hall–Kier alpha value is -0.890. The number of ketones is 1. The van der Waals surface area contributed by atoms with Crippen molar-refractivity contribution in [3.63, 3.8) is 0 Å². The van der Waals surface area contributed by atoms with Crippen molar-refractivity contribution in [2.75, 3.05) is 0 Å². The first-order valence-electron chi connectivity index (χ1n) is 12.7. The van der Waals surface area contributed by atoms with Crippen molar-refractivity contribution in [3.05, 3.63) is 23.8 Å². The summed E-state index contributed by atoms with van der Waals surface area (Å²) in [5.74, 6) is 4.37. The Balaban J connectivity index is 1.53. The minimum absolute atomic E-state index is 0.0380. The van der Waals surface area contributed by atoms with Crippen molar-refractivity contribution in [2.45, 2.75) is 98.5 Å². The summed E-state index contributed by atoms with van der Waals surface area (Å²) in [5, 5.41) is 11.1. The van der Waals surface area contributed by atoms with Crippen LogP contribution in [0.2, 0.25) is 0 Å². The summed E-state index contributed by atoms with van der Waals surface area (Å²) in [6.45, 7) is 16.3. The second-order valence-electron chi connectivity index (χ2n) is 12.2. The molecule has 0 saturated heterocycles. The van der Waals surface area contributed by atoms with Gasteiger partial charge in [0.1, 0.15) is 0 Å². The van der Waals surface area contributed by atoms with Gasteiger partial charge in [0.2, 0.25) is 0 Å². The number of hydrogen-bond donors (Lipinski definition) is 1. The first kappa shape index (κ1) is 22.3. The number of fused-ring (bicyclic) bond motifs is 5. The van der Waals surface area contributed by atoms with Gasteiger partial charge in [-0.05, 0) is 109 Å². The highest BCUT2D eigenvalue weighted by molar-refractivity contribution is 5.91. The lowest BCUT2D eigenvalue weighted by Crippen LogP contribution is -2.54. The topological polar surface area (TPSA) is 37.3 Å². The first-order valence-corrected chi connectivity index (χ1v) is 12.7. The maximum atomic E-state index is 12.1. The van der Waals surface area contributed by atoms with Crippen molar-refractivity contribution in [1.29, 1.82) is 0 Å². The molecular formula is C28H44O2. The van der Waals surface area contributed by atoms with Gasteiger partial charge >= 0.3 is 0 Å². The van der Waals surface area contributed by atoms with Gasteiger partial charge in [-0.1, -0.05) is 46.8 Å². The molecule has 8 atom stereocenters. The number of carbonyl (C=O) groups excluding carboxylic acids is 1. The second kappa shape index (κ2) is 7.91. The highest BCUT2D eigenvalue weighted by Crippen LogP contribution is 2.67. The zero-order valence-electron chi connectivity index (χ0n) is 20.0. The van der Waals surface area contributed by atoms with Crippen LogP contribution in [-0.4, -0.2) is 17.0 Å². The summed E-state index contributed by atoms with van der Waals surface area (Å²) in [4.78, 5) is 12.1. The van der Waals surface area contributed by atoms with Crippen molar-refractivity contribution in [1.82, 2.24) is 0 Å². The van der Waals surface area contributed by atoms with E-state index in [-0.39, 0.29) is 11.2 Å². The van der Waals surface area contributed by atoms with Crippen LogP contribution in [0.4, 0.5) is 0 Å². The van der Waals surface area contributed by atoms with E-state index in [2.05, 4.69) is 41.2 Å². The zero-order valence-corrected chi connectivity index (χ0v) is 20.0. The third-order valence-corrected chi connectivity index (χ3v) is 10.5. The molecule has 1 N–H and O–H groups in total. The van der Waals surface area contributed by atoms with E-state index < -0.39 is 6.10 Å². The molecule has 2 nitrogen and oxygen atoms in total. The van der Waals surface area contributed by atoms with Crippen LogP contribution in [-0.2, 0) is 4.79 Å². The SMILES string of the molecule is C=C(CC[C@@H](C)C1CCC2C3C[C@H](O)C4=CC(=O)CC[C@]4(C)C3CC[C@@]21C)C(C)C. The number of allylic oxidation sites excluding steroid dienone is 1. The molecule has 0 aromatic rings. The number of aliphatic hydroxyl groups is 1. The summed E-state index contributed by atoms with van der Waals surface area (Å²) >= 11 is 0. The molecular weight excluding hydrogens is 368 g/mol. The molecule has 0 radical (unpaired) electrons. The van der Waals surface area contributed by atoms with Gasteiger partial charge in [0, 0.05) is 6.42 Å². The van der Waals surface area contributed by atoms with Crippen molar-refractivity contribution in [2.24, 2.45) is 46.3 Å². The Kier molecular flexibility index (Phi) is 5.88. The van der Waals surface area contributed by atoms with Crippen molar-refractivity contribution >= 4 is 5.78 Å². The van der Waals surface area contributed by atoms with Crippen LogP contribution in [0.5, 0.6) is 0 Å². The molecule has 2 heteroatoms. The van der Waals surface area contributed by atoms with Crippen LogP contribution >= 0.6 is 0 Å². The van der Waals surface area contributed by atoms with E-state index in [9.17, 15) is 9.90 Å². The number of hydrogen-bond acceptors (Lipinski definition) is 2. The predicted molar refractivity (Wildman–Crippen MR) is 124 cm³/mol. The summed E-state index contributed by atoms with van der Waals surface area (Å²) in [6.07, 6.45) is 11.6. The molecule has 0 aromatic carbocycles. The lowest BCUT2D eigenvalue weighted by molar-refractivity contribution is -0.119. The molecule has 0 bridgehead atoms. The van der Waals surface area contributed by atoms with Gasteiger partial charge in [0.15, 0.2) is 5.78 Å². The van der Waals surface area contributed by atoms with Gasteiger partial charge in [-0.15, -0.1) is 0 Å². The summed E-state index contributed by atoms with van der Waals surface area (Å²) in [7, 11) is 0. The summed E-state index contributed by atoms with van der Waals surface area (Å²) in [5.41, 5.74) is 2.93. The van der Waals surface area contributed by atoms with Crippen LogP contribution in [0.15, 0.2) is 23.8 Å². The molecule has 4 aliphatic rings. The molecule has 3 saturated carbocycles. The fourth-order valence-electron chi connectivity index (χ4n) is 8.48. The van der Waals surface area contributed by atoms with Crippen LogP contribution in [0.1, 0.15) is 92.4 Å². The van der Waals surface area contributed by atoms with Crippen LogP contribution in [0.3, 0.4) is 0 Å². The largest absolute Gasteiger partial charge is 0.389 e. The fraction of sp³-hybridized carbons (Fsp3) is 0.821. The van der Waals surface area contributed by atoms with E-state index >= 15 is 0 Å². The van der Waals surface area contributed by atoms with Crippen LogP contribution in [0, 0.1) is 46.3 Å². The number of rotatable bonds is 5. The molecule has 3 fully saturated rings. The van der Waals surface area contributed by atoms with Gasteiger partial charge in [0.25, 0.3) is 0 Å². The summed E-state index contributed by atoms with van der Waals surface area (Å²) in [6, 6.07) is 0. The van der Waals surface area contributed by atoms with E-state index in [0.29, 0.717) is 29.6 Å². The van der Waals surface area contributed by atoms with Gasteiger partial charge in [0.05, 0.1) is 6.10 Å². The minimum Gasteiger partial charge on any atom is -0.389 e. The standard InChI is InChI=1S/C28H44O2/c1-17(2)18(3)7-8-19(4)22-9-10-23-21-16-26(30)25-15-20(29)11-13-28(25,6)24(21)12-14-27(22,23)5/h15,17,19,21-24,26,30H,3,7-14,16H2,1-2,4-6H3/t19-,21?,22?,23?,24?,26+,27-,28-/m1/s1. The average Bonchev–Trinajstić information content (AvgIpc) is 3.04. The van der Waals surface area contributed by atoms with Gasteiger partial charge < -0.3 is 5.11 Å². The Morgan fingerprint density at radius 1 is 1.17 bits per heavy atom. The first-order chi connectivity index (χ1) is 14.1. The lowest BCUT2D eigenvalue weighted by atomic mass is 9.46. The maximum Gasteiger partial charge on any atom is 0.155 e. The molecule has 4 rings (SSSR count). The van der Waals surface area contributed by atoms with E-state index in [1.807, 2.05) is 6.08 Å². The minimum atomic E-state index is -0.409. The average molecular weight is 413 g/mol. The molecule has 0 spiro atoms. The van der Waals surface area contributed by atoms with Crippen LogP contribution < -0.4 is 0 Å². The van der Waals surface area contributed by atoms with Gasteiger partial charge in [-0.25, -0.2) is 0 Å². The molecule has 0 aliphatic heterocycles. The Morgan fingerprint density at radius 2 is 1.90 bits per heavy atom. The van der Waals surface area contributed by atoms with Crippen molar-refractivity contribution < 1.29 is 9.90 Å². The maximum absolute atomic E-state index is 12.1. The molecule has 0 heterocycles. The van der Waals surface area contributed by atoms with Crippen LogP contribution in [0.25, 0.3) is 0 Å². The van der Waals surface area contributed by atoms with E-state index in [4.69, 9.17) is 0 Å². The Bertz CT molecular complexity index is 733. The molecule has 0 amide bonds. The monoisotopic (exact) mass is 412 g/mol. The van der Waals surface area contributed by atoms with Gasteiger partial charge in [-0.2, -0.15) is 0 Å². The zero-order chi connectivity index (χ0) is 21.8. The quantitative estimate of drug-likeness (QED) is 0.508. The smallest absolute Gasteiger partial charge is 0.155 e. The Morgan fingerprint density at radius 3 is 2.60 bits per heavy atom. The lowest BCUT2D eigenvalue weighted by Gasteiger charge is -2.59. The van der Waals surface area contributed by atoms with E-state index in [0.717, 1.165) is 36.2 Å². The Labute approximate surface area is 184 Å². The van der Waals surface area contributed by atoms with E-state index in [1.165, 1.54) is 44.1 Å². The normalized spacial score (nSPS) is 44.2. The molecule has 4 unspecified atom stereocenters. The molecule has 30 heavy (non-hydrogen) atoms. The number of carbonyl (C=O) groups is 1. The second-order valence-corrected chi connectivity index (χ2v) is 12.2. The summed E-state index contributed by atoms with van der Waals surface area (Å²) < 4.78 is 0. The number of aliphatic hydroxyl groups excluding tert-OH is 1. The molecule has 168 valence electrons. The predicted octanol–water partition coefficient (Wildman–Crippen LogP) is 6.73. The fourth-order valence-corrected chi connectivity index (χ4v) is 8.48. The van der Waals surface area contributed by atoms with Crippen molar-refractivity contribution in [3.8, 4) is 0 Å². The highest BCUT2D eigenvalue weighted by atomic mass is 16.3. The highest BCUT2D eigenvalue weighted by Gasteiger charge is 2.60. The third kappa shape index (κ3) is 3.46.